The zero-order valence-corrected chi connectivity index (χ0v) is 31.7. The number of rotatable bonds is 10. The minimum atomic E-state index is -4.60. The highest BCUT2D eigenvalue weighted by atomic mass is 32.2. The molecule has 0 spiro atoms. The lowest BCUT2D eigenvalue weighted by Crippen LogP contribution is -2.10. The highest BCUT2D eigenvalue weighted by molar-refractivity contribution is 7.86. The van der Waals surface area contributed by atoms with Crippen LogP contribution in [-0.2, 0) is 45.9 Å². The molecule has 3 N–H and O–H groups in total. The van der Waals surface area contributed by atoms with Crippen molar-refractivity contribution in [3.05, 3.63) is 118 Å². The molecule has 4 aromatic carbocycles. The summed E-state index contributed by atoms with van der Waals surface area (Å²) in [5.74, 6) is 0.446. The number of anilines is 2. The molecule has 0 unspecified atom stereocenters. The lowest BCUT2D eigenvalue weighted by molar-refractivity contribution is 0.480. The largest absolute Gasteiger partial charge is 0.456 e. The lowest BCUT2D eigenvalue weighted by atomic mass is 9.93. The van der Waals surface area contributed by atoms with Crippen molar-refractivity contribution in [1.29, 1.82) is 0 Å². The maximum absolute atomic E-state index is 12.6. The molecule has 0 saturated carbocycles. The fourth-order valence-corrected chi connectivity index (χ4v) is 8.90. The molecule has 0 saturated heterocycles. The van der Waals surface area contributed by atoms with E-state index in [-0.39, 0.29) is 9.79 Å². The van der Waals surface area contributed by atoms with E-state index in [0.717, 1.165) is 35.2 Å². The number of benzene rings is 5. The first-order valence-electron chi connectivity index (χ1n) is 17.3. The van der Waals surface area contributed by atoms with Crippen LogP contribution >= 0.6 is 0 Å². The van der Waals surface area contributed by atoms with Gasteiger partial charge in [0.05, 0.1) is 11.0 Å². The van der Waals surface area contributed by atoms with Crippen LogP contribution in [0.4, 0.5) is 17.1 Å². The summed E-state index contributed by atoms with van der Waals surface area (Å²) < 4.78 is 77.3. The Hall–Kier alpha value is -4.81. The molecule has 0 aromatic heterocycles. The molecule has 1 aliphatic carbocycles. The van der Waals surface area contributed by atoms with Crippen molar-refractivity contribution in [1.82, 2.24) is 0 Å². The van der Waals surface area contributed by atoms with Crippen LogP contribution in [0.15, 0.2) is 98.1 Å². The fourth-order valence-electron chi connectivity index (χ4n) is 7.18. The predicted octanol–water partition coefficient (Wildman–Crippen LogP) is 9.54. The highest BCUT2D eigenvalue weighted by Gasteiger charge is 2.25. The first-order chi connectivity index (χ1) is 24.7. The summed E-state index contributed by atoms with van der Waals surface area (Å²) in [5.41, 5.74) is 9.23. The van der Waals surface area contributed by atoms with E-state index in [2.05, 4.69) is 38.2 Å². The highest BCUT2D eigenvalue weighted by Crippen LogP contribution is 2.43. The maximum atomic E-state index is 12.6. The van der Waals surface area contributed by atoms with Gasteiger partial charge in [-0.2, -0.15) is 16.8 Å². The van der Waals surface area contributed by atoms with Gasteiger partial charge in [0.2, 0.25) is 0 Å². The second-order valence-electron chi connectivity index (χ2n) is 12.9. The van der Waals surface area contributed by atoms with Crippen LogP contribution in [-0.4, -0.2) is 25.9 Å². The van der Waals surface area contributed by atoms with Gasteiger partial charge in [0.1, 0.15) is 21.1 Å². The first kappa shape index (κ1) is 37.0. The van der Waals surface area contributed by atoms with E-state index in [4.69, 9.17) is 9.41 Å². The third-order valence-corrected chi connectivity index (χ3v) is 11.5. The predicted molar refractivity (Wildman–Crippen MR) is 206 cm³/mol. The van der Waals surface area contributed by atoms with Crippen LogP contribution in [0, 0.1) is 13.8 Å². The second kappa shape index (κ2) is 14.3. The summed E-state index contributed by atoms with van der Waals surface area (Å²) in [7, 11) is -9.10. The van der Waals surface area contributed by atoms with Crippen molar-refractivity contribution in [2.45, 2.75) is 77.0 Å². The van der Waals surface area contributed by atoms with Crippen molar-refractivity contribution in [2.24, 2.45) is 4.99 Å². The van der Waals surface area contributed by atoms with Gasteiger partial charge in [-0.3, -0.25) is 9.11 Å². The molecule has 0 amide bonds. The molecule has 4 aromatic rings. The van der Waals surface area contributed by atoms with Gasteiger partial charge in [0.25, 0.3) is 20.2 Å². The summed E-state index contributed by atoms with van der Waals surface area (Å²) in [4.78, 5) is 4.73. The van der Waals surface area contributed by atoms with Gasteiger partial charge in [-0.25, -0.2) is 4.99 Å². The fraction of sp³-hybridized carbons (Fsp3) is 0.244. The van der Waals surface area contributed by atoms with E-state index in [1.165, 1.54) is 11.6 Å². The summed E-state index contributed by atoms with van der Waals surface area (Å²) in [6, 6.07) is 23.3. The van der Waals surface area contributed by atoms with Crippen molar-refractivity contribution in [3.63, 3.8) is 0 Å². The van der Waals surface area contributed by atoms with E-state index in [1.54, 1.807) is 49.4 Å². The summed E-state index contributed by atoms with van der Waals surface area (Å²) in [6.45, 7) is 11.8. The quantitative estimate of drug-likeness (QED) is 0.0931. The SMILES string of the molecule is CCc1cc(C)cc(CC)c1N=c1ccc2c(-c3ccccc3S(=O)(=O)O)c3ccc(Nc4c(CC)cc(C)c(S(=O)(=O)O)c4CC)cc3oc-2c1. The Morgan fingerprint density at radius 3 is 2.00 bits per heavy atom. The number of hydrogen-bond acceptors (Lipinski definition) is 7. The van der Waals surface area contributed by atoms with Gasteiger partial charge in [-0.15, -0.1) is 0 Å². The minimum Gasteiger partial charge on any atom is -0.456 e. The van der Waals surface area contributed by atoms with E-state index < -0.39 is 20.2 Å². The van der Waals surface area contributed by atoms with Gasteiger partial charge in [0.15, 0.2) is 0 Å². The Labute approximate surface area is 304 Å². The van der Waals surface area contributed by atoms with Gasteiger partial charge < -0.3 is 9.73 Å². The number of fused-ring (bicyclic) bond motifs is 2. The van der Waals surface area contributed by atoms with Crippen LogP contribution in [0.2, 0.25) is 0 Å². The lowest BCUT2D eigenvalue weighted by Gasteiger charge is -2.21. The monoisotopic (exact) mass is 738 g/mol. The average Bonchev–Trinajstić information content (AvgIpc) is 3.10. The molecule has 0 radical (unpaired) electrons. The number of nitrogens with zero attached hydrogens (tertiary/aromatic N) is 1. The molecule has 0 atom stereocenters. The normalized spacial score (nSPS) is 12.6. The van der Waals surface area contributed by atoms with Gasteiger partial charge in [0, 0.05) is 45.6 Å². The standard InChI is InChI=1S/C41H42N2O7S2/c1-7-26-19-24(5)20-27(8-2)39(26)42-29-15-17-32-35(22-29)50-36-23-30(16-18-33(36)38(32)34-13-11-12-14-37(34)51(44,45)46)43-40-28(9-3)21-25(6)41(31(40)10-4)52(47,48)49/h11-23,43H,7-10H2,1-6H3,(H,44,45,46)(H,47,48,49). The Morgan fingerprint density at radius 1 is 0.712 bits per heavy atom. The van der Waals surface area contributed by atoms with E-state index in [9.17, 15) is 25.9 Å². The molecule has 1 heterocycles. The molecule has 270 valence electrons. The summed E-state index contributed by atoms with van der Waals surface area (Å²) in [6.07, 6.45) is 2.58. The molecule has 0 bridgehead atoms. The smallest absolute Gasteiger partial charge is 0.295 e. The van der Waals surface area contributed by atoms with Crippen molar-refractivity contribution >= 4 is 48.3 Å². The third kappa shape index (κ3) is 7.01. The summed E-state index contributed by atoms with van der Waals surface area (Å²) >= 11 is 0. The summed E-state index contributed by atoms with van der Waals surface area (Å²) in [5, 5.41) is 4.65. The van der Waals surface area contributed by atoms with Gasteiger partial charge in [-0.05, 0) is 97.7 Å². The van der Waals surface area contributed by atoms with E-state index in [1.807, 2.05) is 32.0 Å². The van der Waals surface area contributed by atoms with Crippen LogP contribution in [0.3, 0.4) is 0 Å². The minimum absolute atomic E-state index is 0.113. The Kier molecular flexibility index (Phi) is 10.2. The van der Waals surface area contributed by atoms with Crippen LogP contribution in [0.25, 0.3) is 33.4 Å². The van der Waals surface area contributed by atoms with Crippen LogP contribution in [0.1, 0.15) is 61.1 Å². The second-order valence-corrected chi connectivity index (χ2v) is 15.7. The Morgan fingerprint density at radius 2 is 1.38 bits per heavy atom. The molecule has 2 aliphatic rings. The number of hydrogen-bond donors (Lipinski definition) is 3. The molecule has 11 heteroatoms. The van der Waals surface area contributed by atoms with Crippen LogP contribution < -0.4 is 10.7 Å². The van der Waals surface area contributed by atoms with Crippen molar-refractivity contribution < 1.29 is 30.4 Å². The van der Waals surface area contributed by atoms with Crippen molar-refractivity contribution in [3.8, 4) is 22.5 Å². The molecular formula is C41H42N2O7S2. The third-order valence-electron chi connectivity index (χ3n) is 9.46. The van der Waals surface area contributed by atoms with E-state index in [0.29, 0.717) is 74.1 Å². The number of nitrogens with one attached hydrogen (secondary N) is 1. The van der Waals surface area contributed by atoms with Gasteiger partial charge in [-0.1, -0.05) is 69.7 Å². The van der Waals surface area contributed by atoms with Crippen molar-refractivity contribution in [2.75, 3.05) is 5.32 Å². The number of aryl methyl sites for hydroxylation is 5. The molecule has 1 aliphatic heterocycles. The molecule has 0 fully saturated rings. The molecule has 6 rings (SSSR count). The zero-order chi connectivity index (χ0) is 37.5. The zero-order valence-electron chi connectivity index (χ0n) is 30.0. The topological polar surface area (TPSA) is 146 Å². The molecular weight excluding hydrogens is 697 g/mol. The molecule has 9 nitrogen and oxygen atoms in total. The molecule has 52 heavy (non-hydrogen) atoms. The van der Waals surface area contributed by atoms with Crippen LogP contribution in [0.5, 0.6) is 0 Å². The average molecular weight is 739 g/mol. The first-order valence-corrected chi connectivity index (χ1v) is 20.2. The Balaban J connectivity index is 1.64. The van der Waals surface area contributed by atoms with Gasteiger partial charge >= 0.3 is 0 Å². The van der Waals surface area contributed by atoms with E-state index >= 15 is 0 Å². The maximum Gasteiger partial charge on any atom is 0.295 e. The Bertz CT molecular complexity index is 2600.